The molecule has 1 aromatic heterocycles. The summed E-state index contributed by atoms with van der Waals surface area (Å²) in [5.41, 5.74) is 0.592. The summed E-state index contributed by atoms with van der Waals surface area (Å²) < 4.78 is 29.7. The Balaban J connectivity index is 1.82. The second kappa shape index (κ2) is 7.26. The Morgan fingerprint density at radius 2 is 1.95 bits per heavy atom. The molecule has 0 aliphatic carbocycles. The second-order valence-electron chi connectivity index (χ2n) is 4.46. The molecule has 1 N–H and O–H groups in total. The predicted molar refractivity (Wildman–Crippen MR) is 78.7 cm³/mol. The lowest BCUT2D eigenvalue weighted by molar-refractivity contribution is -0.116. The van der Waals surface area contributed by atoms with E-state index in [0.717, 1.165) is 11.5 Å². The molecular formula is C15H15F2NO2S. The Hall–Kier alpha value is -1.82. The van der Waals surface area contributed by atoms with Gasteiger partial charge in [0.2, 0.25) is 5.91 Å². The predicted octanol–water partition coefficient (Wildman–Crippen LogP) is 4.47. The third-order valence-corrected chi connectivity index (χ3v) is 3.48. The second-order valence-corrected chi connectivity index (χ2v) is 5.53. The molecule has 21 heavy (non-hydrogen) atoms. The Morgan fingerprint density at radius 3 is 2.52 bits per heavy atom. The van der Waals surface area contributed by atoms with E-state index in [1.807, 2.05) is 19.1 Å². The van der Waals surface area contributed by atoms with Crippen LogP contribution in [0, 0.1) is 6.92 Å². The SMILES string of the molecule is Cc1ccc(CCC(=O)Nc2ccc(SC(F)F)cc2)o1. The molecule has 0 atom stereocenters. The van der Waals surface area contributed by atoms with E-state index in [1.165, 1.54) is 0 Å². The van der Waals surface area contributed by atoms with E-state index in [1.54, 1.807) is 24.3 Å². The summed E-state index contributed by atoms with van der Waals surface area (Å²) in [5, 5.41) is 2.72. The number of aryl methyl sites for hydroxylation is 2. The van der Waals surface area contributed by atoms with Crippen LogP contribution in [0.3, 0.4) is 0 Å². The molecule has 2 rings (SSSR count). The molecule has 1 aromatic carbocycles. The minimum absolute atomic E-state index is 0.140. The fourth-order valence-corrected chi connectivity index (χ4v) is 2.30. The van der Waals surface area contributed by atoms with Gasteiger partial charge in [0.15, 0.2) is 0 Å². The lowest BCUT2D eigenvalue weighted by Gasteiger charge is -2.06. The van der Waals surface area contributed by atoms with Crippen LogP contribution in [0.5, 0.6) is 0 Å². The Bertz CT molecular complexity index is 596. The number of amides is 1. The monoisotopic (exact) mass is 311 g/mol. The van der Waals surface area contributed by atoms with Gasteiger partial charge in [-0.25, -0.2) is 0 Å². The highest BCUT2D eigenvalue weighted by atomic mass is 32.2. The van der Waals surface area contributed by atoms with Crippen molar-refractivity contribution in [2.45, 2.75) is 30.4 Å². The number of carbonyl (C=O) groups is 1. The number of hydrogen-bond acceptors (Lipinski definition) is 3. The smallest absolute Gasteiger partial charge is 0.288 e. The van der Waals surface area contributed by atoms with Gasteiger partial charge in [-0.1, -0.05) is 11.8 Å². The van der Waals surface area contributed by atoms with Gasteiger partial charge in [-0.3, -0.25) is 4.79 Å². The molecule has 3 nitrogen and oxygen atoms in total. The molecule has 1 heterocycles. The maximum Gasteiger partial charge on any atom is 0.288 e. The molecule has 0 saturated carbocycles. The van der Waals surface area contributed by atoms with E-state index in [2.05, 4.69) is 5.32 Å². The molecule has 0 unspecified atom stereocenters. The zero-order chi connectivity index (χ0) is 15.2. The van der Waals surface area contributed by atoms with Gasteiger partial charge in [-0.2, -0.15) is 8.78 Å². The van der Waals surface area contributed by atoms with E-state index >= 15 is 0 Å². The van der Waals surface area contributed by atoms with Gasteiger partial charge < -0.3 is 9.73 Å². The molecule has 0 aliphatic rings. The lowest BCUT2D eigenvalue weighted by Crippen LogP contribution is -2.12. The van der Waals surface area contributed by atoms with Gasteiger partial charge in [0.05, 0.1) is 0 Å². The highest BCUT2D eigenvalue weighted by Crippen LogP contribution is 2.26. The molecule has 1 amide bonds. The summed E-state index contributed by atoms with van der Waals surface area (Å²) in [6.45, 7) is 1.85. The van der Waals surface area contributed by atoms with Crippen LogP contribution >= 0.6 is 11.8 Å². The lowest BCUT2D eigenvalue weighted by atomic mass is 10.2. The summed E-state index contributed by atoms with van der Waals surface area (Å²) >= 11 is 0.477. The molecule has 112 valence electrons. The van der Waals surface area contributed by atoms with E-state index in [4.69, 9.17) is 4.42 Å². The number of alkyl halides is 2. The fourth-order valence-electron chi connectivity index (χ4n) is 1.80. The van der Waals surface area contributed by atoms with Gasteiger partial charge in [-0.15, -0.1) is 0 Å². The maximum atomic E-state index is 12.2. The van der Waals surface area contributed by atoms with Crippen molar-refractivity contribution in [2.75, 3.05) is 5.32 Å². The van der Waals surface area contributed by atoms with Gasteiger partial charge in [-0.05, 0) is 43.3 Å². The van der Waals surface area contributed by atoms with Crippen molar-refractivity contribution in [3.63, 3.8) is 0 Å². The van der Waals surface area contributed by atoms with Crippen molar-refractivity contribution >= 4 is 23.4 Å². The van der Waals surface area contributed by atoms with Gasteiger partial charge in [0.1, 0.15) is 11.5 Å². The maximum absolute atomic E-state index is 12.2. The van der Waals surface area contributed by atoms with Crippen LogP contribution in [-0.4, -0.2) is 11.7 Å². The topological polar surface area (TPSA) is 42.2 Å². The zero-order valence-corrected chi connectivity index (χ0v) is 12.3. The first-order valence-corrected chi connectivity index (χ1v) is 7.31. The number of furan rings is 1. The molecule has 2 aromatic rings. The van der Waals surface area contributed by atoms with Gasteiger partial charge in [0.25, 0.3) is 5.76 Å². The quantitative estimate of drug-likeness (QED) is 0.800. The number of carbonyl (C=O) groups excluding carboxylic acids is 1. The van der Waals surface area contributed by atoms with Crippen LogP contribution in [-0.2, 0) is 11.2 Å². The van der Waals surface area contributed by atoms with E-state index in [9.17, 15) is 13.6 Å². The summed E-state index contributed by atoms with van der Waals surface area (Å²) in [6, 6.07) is 10.0. The Labute approximate surface area is 125 Å². The number of hydrogen-bond donors (Lipinski definition) is 1. The largest absolute Gasteiger partial charge is 0.466 e. The first kappa shape index (κ1) is 15.6. The molecule has 0 aliphatic heterocycles. The van der Waals surface area contributed by atoms with Gasteiger partial charge >= 0.3 is 0 Å². The van der Waals surface area contributed by atoms with Crippen molar-refractivity contribution in [3.8, 4) is 0 Å². The molecule has 0 bridgehead atoms. The number of nitrogens with one attached hydrogen (secondary N) is 1. The zero-order valence-electron chi connectivity index (χ0n) is 11.4. The van der Waals surface area contributed by atoms with Gasteiger partial charge in [0, 0.05) is 23.4 Å². The van der Waals surface area contributed by atoms with Crippen LogP contribution in [0.4, 0.5) is 14.5 Å². The van der Waals surface area contributed by atoms with Crippen LogP contribution in [0.15, 0.2) is 45.7 Å². The fraction of sp³-hybridized carbons (Fsp3) is 0.267. The van der Waals surface area contributed by atoms with E-state index in [-0.39, 0.29) is 5.91 Å². The van der Waals surface area contributed by atoms with Crippen molar-refractivity contribution in [3.05, 3.63) is 47.9 Å². The standard InChI is InChI=1S/C15H15F2NO2S/c1-10-2-5-12(20-10)6-9-14(19)18-11-3-7-13(8-4-11)21-15(16)17/h2-5,7-8,15H,6,9H2,1H3,(H,18,19). The molecular weight excluding hydrogens is 296 g/mol. The third-order valence-electron chi connectivity index (χ3n) is 2.76. The van der Waals surface area contributed by atoms with E-state index in [0.29, 0.717) is 35.2 Å². The average molecular weight is 311 g/mol. The Morgan fingerprint density at radius 1 is 1.24 bits per heavy atom. The number of benzene rings is 1. The molecule has 6 heteroatoms. The number of thioether (sulfide) groups is 1. The first-order chi connectivity index (χ1) is 10.0. The normalized spacial score (nSPS) is 10.9. The number of halogens is 2. The summed E-state index contributed by atoms with van der Waals surface area (Å²) in [5.74, 6) is -0.996. The molecule has 0 spiro atoms. The van der Waals surface area contributed by atoms with Crippen molar-refractivity contribution < 1.29 is 18.0 Å². The van der Waals surface area contributed by atoms with Crippen LogP contribution in [0.25, 0.3) is 0 Å². The average Bonchev–Trinajstić information content (AvgIpc) is 2.84. The minimum atomic E-state index is -2.44. The molecule has 0 radical (unpaired) electrons. The highest BCUT2D eigenvalue weighted by molar-refractivity contribution is 7.99. The summed E-state index contributed by atoms with van der Waals surface area (Å²) in [6.07, 6.45) is 0.833. The molecule has 0 fully saturated rings. The van der Waals surface area contributed by atoms with Crippen LogP contribution in [0.2, 0.25) is 0 Å². The number of anilines is 1. The minimum Gasteiger partial charge on any atom is -0.466 e. The summed E-state index contributed by atoms with van der Waals surface area (Å²) in [7, 11) is 0. The highest BCUT2D eigenvalue weighted by Gasteiger charge is 2.07. The van der Waals surface area contributed by atoms with Crippen LogP contribution < -0.4 is 5.32 Å². The van der Waals surface area contributed by atoms with Crippen LogP contribution in [0.1, 0.15) is 17.9 Å². The van der Waals surface area contributed by atoms with Crippen molar-refractivity contribution in [2.24, 2.45) is 0 Å². The van der Waals surface area contributed by atoms with Crippen molar-refractivity contribution in [1.29, 1.82) is 0 Å². The Kier molecular flexibility index (Phi) is 5.38. The number of rotatable bonds is 6. The third kappa shape index (κ3) is 5.23. The molecule has 0 saturated heterocycles. The summed E-state index contributed by atoms with van der Waals surface area (Å²) in [4.78, 5) is 12.2. The van der Waals surface area contributed by atoms with E-state index < -0.39 is 5.76 Å². The first-order valence-electron chi connectivity index (χ1n) is 6.43. The van der Waals surface area contributed by atoms with Crippen molar-refractivity contribution in [1.82, 2.24) is 0 Å².